The van der Waals surface area contributed by atoms with E-state index in [4.69, 9.17) is 5.11 Å². The lowest BCUT2D eigenvalue weighted by molar-refractivity contribution is -0.173. The van der Waals surface area contributed by atoms with Crippen LogP contribution in [0.15, 0.2) is 29.2 Å². The number of thioether (sulfide) groups is 1. The summed E-state index contributed by atoms with van der Waals surface area (Å²) in [5.74, 6) is -0.515. The quantitative estimate of drug-likeness (QED) is 0.618. The van der Waals surface area contributed by atoms with E-state index in [1.165, 1.54) is 17.8 Å². The number of carboxylic acid groups (broad SMARTS) is 1. The normalized spacial score (nSPS) is 11.5. The second-order valence-electron chi connectivity index (χ2n) is 3.67. The van der Waals surface area contributed by atoms with Crippen molar-refractivity contribution in [2.75, 3.05) is 19.0 Å². The fourth-order valence-electron chi connectivity index (χ4n) is 1.30. The number of benzene rings is 1. The number of alkyl halides is 3. The zero-order chi connectivity index (χ0) is 14.3. The van der Waals surface area contributed by atoms with Crippen LogP contribution in [0.1, 0.15) is 16.8 Å². The Kier molecular flexibility index (Phi) is 6.17. The van der Waals surface area contributed by atoms with Gasteiger partial charge in [-0.25, -0.2) is 4.79 Å². The second kappa shape index (κ2) is 7.40. The maximum atomic E-state index is 11.8. The highest BCUT2D eigenvalue weighted by molar-refractivity contribution is 7.99. The van der Waals surface area contributed by atoms with Crippen LogP contribution >= 0.6 is 11.8 Å². The summed E-state index contributed by atoms with van der Waals surface area (Å²) in [5, 5.41) is 8.93. The molecule has 0 atom stereocenters. The number of carbonyl (C=O) groups is 1. The van der Waals surface area contributed by atoms with E-state index in [-0.39, 0.29) is 12.2 Å². The van der Waals surface area contributed by atoms with Gasteiger partial charge in [-0.2, -0.15) is 13.2 Å². The third-order valence-corrected chi connectivity index (χ3v) is 3.23. The summed E-state index contributed by atoms with van der Waals surface area (Å²) in [7, 11) is 0. The number of hydrogen-bond acceptors (Lipinski definition) is 3. The van der Waals surface area contributed by atoms with Crippen LogP contribution in [0.5, 0.6) is 0 Å². The van der Waals surface area contributed by atoms with Gasteiger partial charge in [-0.3, -0.25) is 0 Å². The van der Waals surface area contributed by atoms with Gasteiger partial charge in [-0.1, -0.05) is 12.1 Å². The molecule has 7 heteroatoms. The van der Waals surface area contributed by atoms with Crippen LogP contribution in [0.4, 0.5) is 13.2 Å². The van der Waals surface area contributed by atoms with Gasteiger partial charge < -0.3 is 9.84 Å². The van der Waals surface area contributed by atoms with E-state index >= 15 is 0 Å². The lowest BCUT2D eigenvalue weighted by Crippen LogP contribution is -2.17. The Morgan fingerprint density at radius 3 is 2.63 bits per heavy atom. The number of ether oxygens (including phenoxy) is 1. The first-order chi connectivity index (χ1) is 8.90. The highest BCUT2D eigenvalue weighted by Gasteiger charge is 2.27. The average Bonchev–Trinajstić information content (AvgIpc) is 2.32. The molecule has 1 aromatic carbocycles. The molecule has 0 bridgehead atoms. The molecule has 19 heavy (non-hydrogen) atoms. The van der Waals surface area contributed by atoms with Crippen molar-refractivity contribution in [2.45, 2.75) is 17.5 Å². The average molecular weight is 294 g/mol. The van der Waals surface area contributed by atoms with Gasteiger partial charge in [0, 0.05) is 17.3 Å². The molecule has 0 aromatic heterocycles. The van der Waals surface area contributed by atoms with E-state index in [1.807, 2.05) is 0 Å². The van der Waals surface area contributed by atoms with Crippen LogP contribution in [0.25, 0.3) is 0 Å². The van der Waals surface area contributed by atoms with Crippen molar-refractivity contribution in [1.82, 2.24) is 0 Å². The van der Waals surface area contributed by atoms with Crippen LogP contribution in [0, 0.1) is 0 Å². The third kappa shape index (κ3) is 6.49. The van der Waals surface area contributed by atoms with E-state index in [9.17, 15) is 18.0 Å². The molecule has 0 radical (unpaired) electrons. The molecule has 0 heterocycles. The Morgan fingerprint density at radius 2 is 2.00 bits per heavy atom. The van der Waals surface area contributed by atoms with Gasteiger partial charge in [0.15, 0.2) is 0 Å². The first kappa shape index (κ1) is 15.8. The predicted molar refractivity (Wildman–Crippen MR) is 65.6 cm³/mol. The Balaban J connectivity index is 2.28. The molecule has 0 saturated heterocycles. The Hall–Kier alpha value is -1.21. The molecule has 0 spiro atoms. The van der Waals surface area contributed by atoms with Crippen LogP contribution in [0.3, 0.4) is 0 Å². The maximum Gasteiger partial charge on any atom is 0.411 e. The molecular formula is C12H13F3O3S. The summed E-state index contributed by atoms with van der Waals surface area (Å²) < 4.78 is 39.8. The summed E-state index contributed by atoms with van der Waals surface area (Å²) in [4.78, 5) is 11.5. The van der Waals surface area contributed by atoms with E-state index in [1.54, 1.807) is 18.2 Å². The fourth-order valence-corrected chi connectivity index (χ4v) is 2.27. The minimum Gasteiger partial charge on any atom is -0.478 e. The minimum absolute atomic E-state index is 0.00173. The smallest absolute Gasteiger partial charge is 0.411 e. The van der Waals surface area contributed by atoms with Crippen molar-refractivity contribution in [1.29, 1.82) is 0 Å². The van der Waals surface area contributed by atoms with Gasteiger partial charge in [0.05, 0.1) is 5.56 Å². The Bertz CT molecular complexity index is 421. The number of hydrogen-bond donors (Lipinski definition) is 1. The lowest BCUT2D eigenvalue weighted by Gasteiger charge is -2.08. The number of rotatable bonds is 7. The summed E-state index contributed by atoms with van der Waals surface area (Å²) in [6.45, 7) is -1.24. The first-order valence-electron chi connectivity index (χ1n) is 5.50. The third-order valence-electron chi connectivity index (χ3n) is 2.07. The minimum atomic E-state index is -4.30. The first-order valence-corrected chi connectivity index (χ1v) is 6.48. The van der Waals surface area contributed by atoms with E-state index < -0.39 is 18.8 Å². The monoisotopic (exact) mass is 294 g/mol. The van der Waals surface area contributed by atoms with Gasteiger partial charge in [-0.15, -0.1) is 11.8 Å². The molecule has 0 aliphatic heterocycles. The van der Waals surface area contributed by atoms with Crippen molar-refractivity contribution in [3.05, 3.63) is 29.8 Å². The Morgan fingerprint density at radius 1 is 1.32 bits per heavy atom. The van der Waals surface area contributed by atoms with Crippen LogP contribution in [0.2, 0.25) is 0 Å². The van der Waals surface area contributed by atoms with Crippen molar-refractivity contribution >= 4 is 17.7 Å². The van der Waals surface area contributed by atoms with Crippen molar-refractivity contribution in [3.8, 4) is 0 Å². The molecule has 0 amide bonds. The highest BCUT2D eigenvalue weighted by Crippen LogP contribution is 2.23. The molecule has 0 fully saturated rings. The molecular weight excluding hydrogens is 281 g/mol. The molecule has 106 valence electrons. The van der Waals surface area contributed by atoms with Crippen LogP contribution in [-0.2, 0) is 4.74 Å². The Labute approximate surface area is 112 Å². The molecule has 0 saturated carbocycles. The van der Waals surface area contributed by atoms with Gasteiger partial charge in [0.1, 0.15) is 6.61 Å². The summed E-state index contributed by atoms with van der Waals surface area (Å²) >= 11 is 1.29. The summed E-state index contributed by atoms with van der Waals surface area (Å²) in [6.07, 6.45) is -3.88. The second-order valence-corrected chi connectivity index (χ2v) is 4.81. The van der Waals surface area contributed by atoms with Gasteiger partial charge >= 0.3 is 12.1 Å². The van der Waals surface area contributed by atoms with Gasteiger partial charge in [0.2, 0.25) is 0 Å². The summed E-state index contributed by atoms with van der Waals surface area (Å²) in [5.41, 5.74) is 0.198. The fraction of sp³-hybridized carbons (Fsp3) is 0.417. The van der Waals surface area contributed by atoms with Gasteiger partial charge in [0.25, 0.3) is 0 Å². The van der Waals surface area contributed by atoms with Crippen LogP contribution in [-0.4, -0.2) is 36.2 Å². The molecule has 1 rings (SSSR count). The van der Waals surface area contributed by atoms with E-state index in [0.29, 0.717) is 17.1 Å². The number of halogens is 3. The zero-order valence-electron chi connectivity index (χ0n) is 9.94. The SMILES string of the molecule is O=C(O)c1ccccc1SCCCOCC(F)(F)F. The number of carboxylic acids is 1. The van der Waals surface area contributed by atoms with Crippen molar-refractivity contribution in [2.24, 2.45) is 0 Å². The highest BCUT2D eigenvalue weighted by atomic mass is 32.2. The standard InChI is InChI=1S/C12H13F3O3S/c13-12(14,15)8-18-6-3-7-19-10-5-2-1-4-9(10)11(16)17/h1-2,4-5H,3,6-8H2,(H,16,17). The predicted octanol–water partition coefficient (Wildman–Crippen LogP) is 3.45. The molecule has 0 unspecified atom stereocenters. The molecule has 1 aromatic rings. The number of aromatic carboxylic acids is 1. The lowest BCUT2D eigenvalue weighted by atomic mass is 10.2. The zero-order valence-corrected chi connectivity index (χ0v) is 10.8. The molecule has 3 nitrogen and oxygen atoms in total. The summed E-state index contributed by atoms with van der Waals surface area (Å²) in [6, 6.07) is 6.50. The maximum absolute atomic E-state index is 11.8. The van der Waals surface area contributed by atoms with Gasteiger partial charge in [-0.05, 0) is 18.6 Å². The van der Waals surface area contributed by atoms with E-state index in [2.05, 4.69) is 4.74 Å². The molecule has 1 N–H and O–H groups in total. The van der Waals surface area contributed by atoms with E-state index in [0.717, 1.165) is 0 Å². The van der Waals surface area contributed by atoms with Crippen molar-refractivity contribution in [3.63, 3.8) is 0 Å². The largest absolute Gasteiger partial charge is 0.478 e. The topological polar surface area (TPSA) is 46.5 Å². The molecule has 0 aliphatic rings. The van der Waals surface area contributed by atoms with Crippen molar-refractivity contribution < 1.29 is 27.8 Å². The molecule has 0 aliphatic carbocycles. The van der Waals surface area contributed by atoms with Crippen LogP contribution < -0.4 is 0 Å².